The molecule has 3 nitrogen and oxygen atoms in total. The van der Waals surface area contributed by atoms with Gasteiger partial charge >= 0.3 is 5.97 Å². The molecular formula is C10H18O3. The summed E-state index contributed by atoms with van der Waals surface area (Å²) in [7, 11) is 0. The minimum atomic E-state index is -0.861. The lowest BCUT2D eigenvalue weighted by molar-refractivity contribution is -0.132. The summed E-state index contributed by atoms with van der Waals surface area (Å²) in [5.74, 6) is -0.861. The summed E-state index contributed by atoms with van der Waals surface area (Å²) in [6, 6.07) is 0. The van der Waals surface area contributed by atoms with Crippen molar-refractivity contribution in [1.82, 2.24) is 0 Å². The third-order valence-electron chi connectivity index (χ3n) is 1.50. The number of carbonyl (C=O) groups is 1. The Labute approximate surface area is 79.4 Å². The van der Waals surface area contributed by atoms with Gasteiger partial charge < -0.3 is 9.84 Å². The van der Waals surface area contributed by atoms with Gasteiger partial charge in [-0.3, -0.25) is 0 Å². The van der Waals surface area contributed by atoms with E-state index < -0.39 is 5.97 Å². The molecule has 0 aromatic rings. The van der Waals surface area contributed by atoms with Gasteiger partial charge in [-0.25, -0.2) is 4.79 Å². The molecule has 0 rings (SSSR count). The largest absolute Gasteiger partial charge is 0.478 e. The third kappa shape index (κ3) is 6.34. The Morgan fingerprint density at radius 1 is 1.46 bits per heavy atom. The molecule has 13 heavy (non-hydrogen) atoms. The minimum absolute atomic E-state index is 0.214. The number of hydrogen-bond acceptors (Lipinski definition) is 2. The Kier molecular flexibility index (Phi) is 4.70. The lowest BCUT2D eigenvalue weighted by atomic mass is 10.2. The summed E-state index contributed by atoms with van der Waals surface area (Å²) < 4.78 is 5.37. The quantitative estimate of drug-likeness (QED) is 0.685. The first-order valence-electron chi connectivity index (χ1n) is 4.43. The van der Waals surface area contributed by atoms with Crippen molar-refractivity contribution in [3.05, 3.63) is 11.6 Å². The van der Waals surface area contributed by atoms with Crippen molar-refractivity contribution in [3.63, 3.8) is 0 Å². The van der Waals surface area contributed by atoms with E-state index in [0.29, 0.717) is 18.6 Å². The zero-order valence-corrected chi connectivity index (χ0v) is 8.76. The number of carboxylic acid groups (broad SMARTS) is 1. The molecule has 76 valence electrons. The van der Waals surface area contributed by atoms with Crippen LogP contribution in [0.5, 0.6) is 0 Å². The van der Waals surface area contributed by atoms with Gasteiger partial charge in [0.25, 0.3) is 0 Å². The van der Waals surface area contributed by atoms with Crippen LogP contribution in [0.15, 0.2) is 11.6 Å². The first kappa shape index (κ1) is 12.2. The van der Waals surface area contributed by atoms with E-state index in [-0.39, 0.29) is 5.60 Å². The van der Waals surface area contributed by atoms with Crippen molar-refractivity contribution in [2.45, 2.75) is 39.7 Å². The van der Waals surface area contributed by atoms with Crippen molar-refractivity contribution < 1.29 is 14.6 Å². The van der Waals surface area contributed by atoms with E-state index in [4.69, 9.17) is 9.84 Å². The molecule has 0 heterocycles. The molecule has 0 radical (unpaired) electrons. The molecule has 0 fully saturated rings. The molecule has 0 aliphatic rings. The average Bonchev–Trinajstić information content (AvgIpc) is 1.95. The maximum Gasteiger partial charge on any atom is 0.331 e. The Morgan fingerprint density at radius 3 is 2.31 bits per heavy atom. The van der Waals surface area contributed by atoms with Crippen molar-refractivity contribution in [1.29, 1.82) is 0 Å². The molecule has 0 bridgehead atoms. The number of carboxylic acids is 1. The van der Waals surface area contributed by atoms with Crippen LogP contribution < -0.4 is 0 Å². The predicted molar refractivity (Wildman–Crippen MR) is 51.7 cm³/mol. The molecule has 0 atom stereocenters. The molecule has 0 saturated heterocycles. The molecule has 0 amide bonds. The van der Waals surface area contributed by atoms with Crippen LogP contribution in [0.3, 0.4) is 0 Å². The first-order valence-corrected chi connectivity index (χ1v) is 4.43. The van der Waals surface area contributed by atoms with Gasteiger partial charge in [0.05, 0.1) is 12.2 Å². The Bertz CT molecular complexity index is 199. The van der Waals surface area contributed by atoms with Crippen LogP contribution in [0.25, 0.3) is 0 Å². The highest BCUT2D eigenvalue weighted by Crippen LogP contribution is 2.08. The molecule has 1 N–H and O–H groups in total. The van der Waals surface area contributed by atoms with Crippen LogP contribution in [-0.4, -0.2) is 23.3 Å². The van der Waals surface area contributed by atoms with Crippen molar-refractivity contribution in [2.75, 3.05) is 6.61 Å². The standard InChI is InChI=1S/C10H18O3/c1-5-8(9(11)12)6-7-13-10(2,3)4/h6H,5,7H2,1-4H3,(H,11,12). The lowest BCUT2D eigenvalue weighted by Crippen LogP contribution is -2.19. The topological polar surface area (TPSA) is 46.5 Å². The van der Waals surface area contributed by atoms with Gasteiger partial charge in [-0.2, -0.15) is 0 Å². The van der Waals surface area contributed by atoms with Gasteiger partial charge in [-0.15, -0.1) is 0 Å². The van der Waals surface area contributed by atoms with Gasteiger partial charge in [-0.1, -0.05) is 6.92 Å². The van der Waals surface area contributed by atoms with Crippen molar-refractivity contribution in [3.8, 4) is 0 Å². The van der Waals surface area contributed by atoms with Gasteiger partial charge in [0.1, 0.15) is 0 Å². The van der Waals surface area contributed by atoms with Crippen LogP contribution >= 0.6 is 0 Å². The van der Waals surface area contributed by atoms with E-state index in [0.717, 1.165) is 0 Å². The van der Waals surface area contributed by atoms with Crippen LogP contribution in [-0.2, 0) is 9.53 Å². The summed E-state index contributed by atoms with van der Waals surface area (Å²) in [5.41, 5.74) is 0.192. The van der Waals surface area contributed by atoms with E-state index in [9.17, 15) is 4.79 Å². The molecule has 0 spiro atoms. The number of aliphatic carboxylic acids is 1. The molecule has 0 aliphatic heterocycles. The summed E-state index contributed by atoms with van der Waals surface area (Å²) in [6.07, 6.45) is 2.15. The zero-order chi connectivity index (χ0) is 10.5. The summed E-state index contributed by atoms with van der Waals surface area (Å²) in [5, 5.41) is 8.68. The van der Waals surface area contributed by atoms with E-state index in [2.05, 4.69) is 0 Å². The molecule has 0 aliphatic carbocycles. The number of hydrogen-bond donors (Lipinski definition) is 1. The monoisotopic (exact) mass is 186 g/mol. The fraction of sp³-hybridized carbons (Fsp3) is 0.700. The molecule has 3 heteroatoms. The highest BCUT2D eigenvalue weighted by Gasteiger charge is 2.09. The fourth-order valence-electron chi connectivity index (χ4n) is 0.775. The lowest BCUT2D eigenvalue weighted by Gasteiger charge is -2.18. The number of rotatable bonds is 4. The number of ether oxygens (including phenoxy) is 1. The Morgan fingerprint density at radius 2 is 2.00 bits per heavy atom. The maximum absolute atomic E-state index is 10.6. The second-order valence-electron chi connectivity index (χ2n) is 3.81. The van der Waals surface area contributed by atoms with Crippen LogP contribution in [0, 0.1) is 0 Å². The highest BCUT2D eigenvalue weighted by atomic mass is 16.5. The summed E-state index contributed by atoms with van der Waals surface area (Å²) >= 11 is 0. The Hall–Kier alpha value is -0.830. The normalized spacial score (nSPS) is 13.1. The van der Waals surface area contributed by atoms with Crippen LogP contribution in [0.4, 0.5) is 0 Å². The molecule has 0 saturated carbocycles. The third-order valence-corrected chi connectivity index (χ3v) is 1.50. The van der Waals surface area contributed by atoms with E-state index in [1.54, 1.807) is 6.08 Å². The van der Waals surface area contributed by atoms with E-state index in [1.165, 1.54) is 0 Å². The average molecular weight is 186 g/mol. The molecule has 0 unspecified atom stereocenters. The van der Waals surface area contributed by atoms with Crippen LogP contribution in [0.1, 0.15) is 34.1 Å². The molecule has 0 aromatic heterocycles. The first-order chi connectivity index (χ1) is 5.87. The second-order valence-corrected chi connectivity index (χ2v) is 3.81. The predicted octanol–water partition coefficient (Wildman–Crippen LogP) is 2.22. The smallest absolute Gasteiger partial charge is 0.331 e. The SMILES string of the molecule is CCC(=CCOC(C)(C)C)C(=O)O. The summed E-state index contributed by atoms with van der Waals surface area (Å²) in [6.45, 7) is 7.99. The van der Waals surface area contributed by atoms with Gasteiger partial charge in [-0.05, 0) is 33.3 Å². The van der Waals surface area contributed by atoms with Crippen molar-refractivity contribution >= 4 is 5.97 Å². The molecular weight excluding hydrogens is 168 g/mol. The maximum atomic E-state index is 10.6. The summed E-state index contributed by atoms with van der Waals surface area (Å²) in [4.78, 5) is 10.6. The van der Waals surface area contributed by atoms with Crippen molar-refractivity contribution in [2.24, 2.45) is 0 Å². The second kappa shape index (κ2) is 5.02. The van der Waals surface area contributed by atoms with Gasteiger partial charge in [0.15, 0.2) is 0 Å². The Balaban J connectivity index is 4.02. The zero-order valence-electron chi connectivity index (χ0n) is 8.76. The van der Waals surface area contributed by atoms with Crippen LogP contribution in [0.2, 0.25) is 0 Å². The van der Waals surface area contributed by atoms with Gasteiger partial charge in [0.2, 0.25) is 0 Å². The minimum Gasteiger partial charge on any atom is -0.478 e. The highest BCUT2D eigenvalue weighted by molar-refractivity contribution is 5.86. The van der Waals surface area contributed by atoms with E-state index in [1.807, 2.05) is 27.7 Å². The van der Waals surface area contributed by atoms with Gasteiger partial charge in [0, 0.05) is 5.57 Å². The fourth-order valence-corrected chi connectivity index (χ4v) is 0.775. The molecule has 0 aromatic carbocycles. The van der Waals surface area contributed by atoms with E-state index >= 15 is 0 Å².